The maximum atomic E-state index is 13.0. The van der Waals surface area contributed by atoms with Gasteiger partial charge in [-0.05, 0) is 41.5 Å². The molecule has 0 aliphatic rings. The van der Waals surface area contributed by atoms with Crippen LogP contribution < -0.4 is 10.4 Å². The standard InChI is InChI=1S/C15H20BF2N3O4/c1-14(2,3)24-12(22)21(13(23)25-15(4,5)6)11-19-7-8(16)9(20-11)10(17)18/h7,10H,1-6H3. The summed E-state index contributed by atoms with van der Waals surface area (Å²) in [5.74, 6) is -0.618. The third-order valence-corrected chi connectivity index (χ3v) is 2.39. The maximum Gasteiger partial charge on any atom is 0.427 e. The molecule has 2 radical (unpaired) electrons. The van der Waals surface area contributed by atoms with Crippen LogP contribution in [0.3, 0.4) is 0 Å². The number of halogens is 2. The Morgan fingerprint density at radius 1 is 1.08 bits per heavy atom. The molecule has 0 aromatic carbocycles. The van der Waals surface area contributed by atoms with E-state index in [0.717, 1.165) is 6.20 Å². The molecule has 2 amide bonds. The Labute approximate surface area is 146 Å². The molecule has 0 bridgehead atoms. The number of nitrogens with zero attached hydrogens (tertiary/aromatic N) is 3. The number of hydrogen-bond acceptors (Lipinski definition) is 6. The van der Waals surface area contributed by atoms with Crippen molar-refractivity contribution in [2.45, 2.75) is 59.2 Å². The van der Waals surface area contributed by atoms with Gasteiger partial charge in [-0.1, -0.05) is 5.46 Å². The molecule has 25 heavy (non-hydrogen) atoms. The minimum Gasteiger partial charge on any atom is -0.443 e. The Hall–Kier alpha value is -2.26. The summed E-state index contributed by atoms with van der Waals surface area (Å²) in [4.78, 5) is 32.3. The van der Waals surface area contributed by atoms with Gasteiger partial charge in [0.25, 0.3) is 6.43 Å². The first kappa shape index (κ1) is 20.8. The SMILES string of the molecule is [B]c1cnc(N(C(=O)OC(C)(C)C)C(=O)OC(C)(C)C)nc1C(F)F. The minimum atomic E-state index is -3.01. The second-order valence-electron chi connectivity index (χ2n) is 7.11. The van der Waals surface area contributed by atoms with E-state index in [4.69, 9.17) is 17.3 Å². The highest BCUT2D eigenvalue weighted by atomic mass is 19.3. The molecule has 1 aromatic rings. The van der Waals surface area contributed by atoms with E-state index in [1.165, 1.54) is 0 Å². The number of hydrogen-bond donors (Lipinski definition) is 0. The van der Waals surface area contributed by atoms with Crippen LogP contribution >= 0.6 is 0 Å². The second kappa shape index (κ2) is 7.32. The molecule has 1 heterocycles. The largest absolute Gasteiger partial charge is 0.443 e. The van der Waals surface area contributed by atoms with Crippen molar-refractivity contribution in [2.24, 2.45) is 0 Å². The van der Waals surface area contributed by atoms with Crippen LogP contribution in [0.2, 0.25) is 0 Å². The molecule has 7 nitrogen and oxygen atoms in total. The summed E-state index contributed by atoms with van der Waals surface area (Å²) < 4.78 is 36.2. The third kappa shape index (κ3) is 6.28. The average molecular weight is 355 g/mol. The monoisotopic (exact) mass is 355 g/mol. The van der Waals surface area contributed by atoms with Crippen LogP contribution in [0.1, 0.15) is 53.7 Å². The summed E-state index contributed by atoms with van der Waals surface area (Å²) in [6, 6.07) is 0. The van der Waals surface area contributed by atoms with Crippen molar-refractivity contribution in [3.8, 4) is 0 Å². The number of carbonyl (C=O) groups is 2. The third-order valence-electron chi connectivity index (χ3n) is 2.39. The van der Waals surface area contributed by atoms with Gasteiger partial charge in [0.05, 0.1) is 0 Å². The highest BCUT2D eigenvalue weighted by molar-refractivity contribution is 6.33. The number of ether oxygens (including phenoxy) is 2. The molecule has 0 saturated heterocycles. The van der Waals surface area contributed by atoms with Gasteiger partial charge < -0.3 is 9.47 Å². The van der Waals surface area contributed by atoms with Gasteiger partial charge in [0.15, 0.2) is 0 Å². The number of imide groups is 1. The molecule has 10 heteroatoms. The lowest BCUT2D eigenvalue weighted by atomic mass is 9.96. The second-order valence-corrected chi connectivity index (χ2v) is 7.11. The molecule has 0 spiro atoms. The van der Waals surface area contributed by atoms with Crippen LogP contribution in [0.25, 0.3) is 0 Å². The Balaban J connectivity index is 3.34. The van der Waals surface area contributed by atoms with E-state index >= 15 is 0 Å². The molecule has 0 N–H and O–H groups in total. The van der Waals surface area contributed by atoms with Crippen LogP contribution in [-0.4, -0.2) is 41.2 Å². The van der Waals surface area contributed by atoms with E-state index in [1.807, 2.05) is 0 Å². The van der Waals surface area contributed by atoms with Gasteiger partial charge in [-0.3, -0.25) is 0 Å². The van der Waals surface area contributed by atoms with E-state index < -0.39 is 41.5 Å². The number of carbonyl (C=O) groups excluding carboxylic acids is 2. The summed E-state index contributed by atoms with van der Waals surface area (Å²) >= 11 is 0. The van der Waals surface area contributed by atoms with Crippen molar-refractivity contribution in [3.63, 3.8) is 0 Å². The van der Waals surface area contributed by atoms with E-state index in [9.17, 15) is 18.4 Å². The lowest BCUT2D eigenvalue weighted by molar-refractivity contribution is 0.0426. The summed E-state index contributed by atoms with van der Waals surface area (Å²) in [5.41, 5.74) is -3.07. The molecule has 0 aliphatic carbocycles. The summed E-state index contributed by atoms with van der Waals surface area (Å²) in [6.45, 7) is 9.46. The predicted molar refractivity (Wildman–Crippen MR) is 87.3 cm³/mol. The normalized spacial score (nSPS) is 12.0. The molecule has 0 saturated carbocycles. The Morgan fingerprint density at radius 2 is 1.52 bits per heavy atom. The van der Waals surface area contributed by atoms with E-state index in [-0.39, 0.29) is 5.46 Å². The molecule has 0 fully saturated rings. The van der Waals surface area contributed by atoms with Gasteiger partial charge >= 0.3 is 12.2 Å². The van der Waals surface area contributed by atoms with E-state index in [2.05, 4.69) is 9.97 Å². The quantitative estimate of drug-likeness (QED) is 0.759. The van der Waals surface area contributed by atoms with Crippen molar-refractivity contribution in [1.29, 1.82) is 0 Å². The van der Waals surface area contributed by atoms with E-state index in [1.54, 1.807) is 41.5 Å². The van der Waals surface area contributed by atoms with Gasteiger partial charge in [0, 0.05) is 6.20 Å². The maximum absolute atomic E-state index is 13.0. The molecular formula is C15H20BF2N3O4. The highest BCUT2D eigenvalue weighted by Crippen LogP contribution is 2.21. The first-order chi connectivity index (χ1) is 11.2. The Bertz CT molecular complexity index is 629. The fraction of sp³-hybridized carbons (Fsp3) is 0.600. The smallest absolute Gasteiger partial charge is 0.427 e. The lowest BCUT2D eigenvalue weighted by Gasteiger charge is -2.27. The Kier molecular flexibility index (Phi) is 6.09. The number of rotatable bonds is 2. The molecule has 136 valence electrons. The molecule has 0 unspecified atom stereocenters. The number of aromatic nitrogens is 2. The average Bonchev–Trinajstić information content (AvgIpc) is 2.36. The van der Waals surface area contributed by atoms with Crippen molar-refractivity contribution in [2.75, 3.05) is 4.90 Å². The lowest BCUT2D eigenvalue weighted by Crippen LogP contribution is -2.45. The van der Waals surface area contributed by atoms with Gasteiger partial charge in [0.2, 0.25) is 5.95 Å². The van der Waals surface area contributed by atoms with Crippen LogP contribution in [0.4, 0.5) is 24.3 Å². The zero-order valence-corrected chi connectivity index (χ0v) is 15.0. The number of amides is 2. The summed E-state index contributed by atoms with van der Waals surface area (Å²) in [5, 5.41) is 0. The fourth-order valence-electron chi connectivity index (χ4n) is 1.53. The van der Waals surface area contributed by atoms with E-state index in [0.29, 0.717) is 4.90 Å². The van der Waals surface area contributed by atoms with Gasteiger partial charge in [-0.2, -0.15) is 0 Å². The van der Waals surface area contributed by atoms with Crippen LogP contribution in [-0.2, 0) is 9.47 Å². The molecule has 1 aromatic heterocycles. The molecular weight excluding hydrogens is 335 g/mol. The molecule has 0 atom stereocenters. The summed E-state index contributed by atoms with van der Waals surface area (Å²) in [6.07, 6.45) is -4.45. The topological polar surface area (TPSA) is 81.6 Å². The molecule has 1 rings (SSSR count). The van der Waals surface area contributed by atoms with Crippen LogP contribution in [0.5, 0.6) is 0 Å². The number of anilines is 1. The Morgan fingerprint density at radius 3 is 1.88 bits per heavy atom. The van der Waals surface area contributed by atoms with Gasteiger partial charge in [-0.25, -0.2) is 28.3 Å². The molecule has 0 aliphatic heterocycles. The van der Waals surface area contributed by atoms with Crippen molar-refractivity contribution in [3.05, 3.63) is 11.9 Å². The van der Waals surface area contributed by atoms with Crippen LogP contribution in [0, 0.1) is 0 Å². The van der Waals surface area contributed by atoms with Crippen molar-refractivity contribution >= 4 is 31.4 Å². The number of alkyl halides is 2. The van der Waals surface area contributed by atoms with Gasteiger partial charge in [-0.15, -0.1) is 4.90 Å². The zero-order chi connectivity index (χ0) is 19.6. The van der Waals surface area contributed by atoms with Crippen LogP contribution in [0.15, 0.2) is 6.20 Å². The zero-order valence-electron chi connectivity index (χ0n) is 15.0. The summed E-state index contributed by atoms with van der Waals surface area (Å²) in [7, 11) is 5.39. The highest BCUT2D eigenvalue weighted by Gasteiger charge is 2.35. The first-order valence-corrected chi connectivity index (χ1v) is 7.38. The van der Waals surface area contributed by atoms with Crippen molar-refractivity contribution < 1.29 is 27.8 Å². The first-order valence-electron chi connectivity index (χ1n) is 7.38. The van der Waals surface area contributed by atoms with Gasteiger partial charge in [0.1, 0.15) is 24.7 Å². The predicted octanol–water partition coefficient (Wildman–Crippen LogP) is 2.88. The fourth-order valence-corrected chi connectivity index (χ4v) is 1.53. The minimum absolute atomic E-state index is 0.349. The van der Waals surface area contributed by atoms with Crippen molar-refractivity contribution in [1.82, 2.24) is 9.97 Å².